The van der Waals surface area contributed by atoms with Gasteiger partial charge >= 0.3 is 0 Å². The summed E-state index contributed by atoms with van der Waals surface area (Å²) in [6.07, 6.45) is 15.3. The van der Waals surface area contributed by atoms with E-state index in [2.05, 4.69) is 54.3 Å². The molecule has 0 saturated carbocycles. The van der Waals surface area contributed by atoms with Crippen molar-refractivity contribution in [2.75, 3.05) is 55.2 Å². The van der Waals surface area contributed by atoms with Crippen LogP contribution in [-0.2, 0) is 15.9 Å². The Kier molecular flexibility index (Phi) is 25.4. The third kappa shape index (κ3) is 18.9. The number of ether oxygens (including phenoxy) is 3. The maximum absolute atomic E-state index is 10.8. The van der Waals surface area contributed by atoms with Crippen LogP contribution in [0.2, 0.25) is 0 Å². The van der Waals surface area contributed by atoms with Gasteiger partial charge in [0.2, 0.25) is 0 Å². The highest BCUT2D eigenvalue weighted by Gasteiger charge is 2.11. The molecule has 0 fully saturated rings. The number of hydrogen-bond acceptors (Lipinski definition) is 9. The Morgan fingerprint density at radius 1 is 0.750 bits per heavy atom. The summed E-state index contributed by atoms with van der Waals surface area (Å²) in [6, 6.07) is 18.2. The lowest BCUT2D eigenvalue weighted by atomic mass is 10.1. The minimum absolute atomic E-state index is 0.0444. The Labute approximate surface area is 288 Å². The molecular weight excluding hydrogens is 606 g/mol. The van der Waals surface area contributed by atoms with Gasteiger partial charge in [-0.15, -0.1) is 12.8 Å². The molecule has 262 valence electrons. The van der Waals surface area contributed by atoms with Gasteiger partial charge in [-0.05, 0) is 62.1 Å². The van der Waals surface area contributed by atoms with Crippen LogP contribution in [0.4, 0.5) is 28.4 Å². The molecule has 0 unspecified atom stereocenters. The summed E-state index contributed by atoms with van der Waals surface area (Å²) in [5.41, 5.74) is 18.3. The second-order valence-corrected chi connectivity index (χ2v) is 9.95. The van der Waals surface area contributed by atoms with Crippen LogP contribution in [0.25, 0.3) is 0 Å². The molecule has 3 aromatic carbocycles. The normalized spacial score (nSPS) is 9.35. The number of nitrogens with one attached hydrogen (secondary N) is 4. The summed E-state index contributed by atoms with van der Waals surface area (Å²) in [4.78, 5) is 10.4. The molecule has 3 aromatic rings. The summed E-state index contributed by atoms with van der Waals surface area (Å²) in [5, 5.41) is 10.8. The molecule has 0 bridgehead atoms. The van der Waals surface area contributed by atoms with Gasteiger partial charge in [0.05, 0.1) is 34.8 Å². The van der Waals surface area contributed by atoms with E-state index in [1.165, 1.54) is 30.5 Å². The molecule has 0 radical (unpaired) electrons. The van der Waals surface area contributed by atoms with Crippen molar-refractivity contribution in [3.8, 4) is 30.4 Å². The maximum atomic E-state index is 10.8. The van der Waals surface area contributed by atoms with Crippen molar-refractivity contribution in [3.63, 3.8) is 0 Å². The predicted octanol–water partition coefficient (Wildman–Crippen LogP) is 9.25. The fraction of sp³-hybridized carbons (Fsp3) is 0.421. The largest absolute Gasteiger partial charge is 0.494 e. The zero-order chi connectivity index (χ0) is 36.0. The van der Waals surface area contributed by atoms with Gasteiger partial charge in [-0.25, -0.2) is 0 Å². The first-order valence-electron chi connectivity index (χ1n) is 16.4. The number of nitrogens with zero attached hydrogens (tertiary/aromatic N) is 1. The third-order valence-corrected chi connectivity index (χ3v) is 6.23. The molecular formula is C38H55N5O5. The number of unbranched alkanes of at least 4 members (excludes halogenated alkanes) is 2. The number of terminal acetylenes is 2. The van der Waals surface area contributed by atoms with Crippen molar-refractivity contribution in [1.82, 2.24) is 0 Å². The molecule has 0 amide bonds. The molecule has 0 saturated heterocycles. The Morgan fingerprint density at radius 3 is 1.77 bits per heavy atom. The Balaban J connectivity index is 0.00000101. The SMILES string of the molecule is C#CCOCCC.C#CCOCCCCC.CC.CCc1cc(NNc2ccc([N+](=O)[O-])cc2)c(OC)cc1NNc1ccc(C)cc1. The van der Waals surface area contributed by atoms with Gasteiger partial charge in [0.1, 0.15) is 19.0 Å². The van der Waals surface area contributed by atoms with Crippen LogP contribution >= 0.6 is 0 Å². The van der Waals surface area contributed by atoms with Crippen molar-refractivity contribution in [2.45, 2.75) is 73.6 Å². The quantitative estimate of drug-likeness (QED) is 0.0486. The molecule has 10 heteroatoms. The van der Waals surface area contributed by atoms with E-state index >= 15 is 0 Å². The average molecular weight is 662 g/mol. The van der Waals surface area contributed by atoms with Gasteiger partial charge < -0.3 is 30.5 Å². The molecule has 0 aliphatic carbocycles. The number of nitro benzene ring substituents is 1. The highest BCUT2D eigenvalue weighted by atomic mass is 16.6. The van der Waals surface area contributed by atoms with E-state index in [-0.39, 0.29) is 5.69 Å². The topological polar surface area (TPSA) is 119 Å². The predicted molar refractivity (Wildman–Crippen MR) is 202 cm³/mol. The number of anilines is 4. The van der Waals surface area contributed by atoms with Crippen LogP contribution < -0.4 is 26.4 Å². The van der Waals surface area contributed by atoms with Crippen LogP contribution in [-0.4, -0.2) is 38.5 Å². The first-order chi connectivity index (χ1) is 23.3. The smallest absolute Gasteiger partial charge is 0.269 e. The lowest BCUT2D eigenvalue weighted by Crippen LogP contribution is -2.13. The van der Waals surface area contributed by atoms with Crippen molar-refractivity contribution in [3.05, 3.63) is 81.9 Å². The van der Waals surface area contributed by atoms with E-state index < -0.39 is 4.92 Å². The summed E-state index contributed by atoms with van der Waals surface area (Å²) >= 11 is 0. The zero-order valence-corrected chi connectivity index (χ0v) is 29.8. The van der Waals surface area contributed by atoms with Gasteiger partial charge in [-0.1, -0.05) is 77.0 Å². The minimum Gasteiger partial charge on any atom is -0.494 e. The molecule has 3 rings (SSSR count). The number of methoxy groups -OCH3 is 1. The van der Waals surface area contributed by atoms with E-state index in [1.807, 2.05) is 57.2 Å². The van der Waals surface area contributed by atoms with Crippen LogP contribution in [0.1, 0.15) is 71.4 Å². The molecule has 0 aliphatic rings. The number of hydrazine groups is 2. The van der Waals surface area contributed by atoms with Crippen molar-refractivity contribution in [1.29, 1.82) is 0 Å². The minimum atomic E-state index is -0.426. The Morgan fingerprint density at radius 2 is 1.29 bits per heavy atom. The Hall–Kier alpha value is -4.90. The monoisotopic (exact) mass is 661 g/mol. The standard InChI is InChI=1S/C22H25N5O3.C8H14O.C6H10O.C2H6/c1-4-16-13-21(26-24-18-9-11-19(12-10-18)27(28)29)22(30-3)14-20(16)25-23-17-7-5-15(2)6-8-17;1-3-5-6-8-9-7-4-2;1-3-5-7-6-4-2;1-2/h5-14,23-26H,4H2,1-3H3;2H,3,5-8H2,1H3;1H,4-6H2,2H3;1-2H3. The summed E-state index contributed by atoms with van der Waals surface area (Å²) in [5.74, 6) is 5.45. The number of rotatable bonds is 17. The highest BCUT2D eigenvalue weighted by molar-refractivity contribution is 5.70. The van der Waals surface area contributed by atoms with E-state index in [1.54, 1.807) is 19.2 Å². The first kappa shape index (κ1) is 43.1. The maximum Gasteiger partial charge on any atom is 0.269 e. The van der Waals surface area contributed by atoms with Gasteiger partial charge in [0.25, 0.3) is 5.69 Å². The van der Waals surface area contributed by atoms with Crippen LogP contribution in [0.3, 0.4) is 0 Å². The summed E-state index contributed by atoms with van der Waals surface area (Å²) < 4.78 is 15.5. The van der Waals surface area contributed by atoms with Gasteiger partial charge in [-0.3, -0.25) is 15.5 Å². The van der Waals surface area contributed by atoms with Gasteiger partial charge in [0.15, 0.2) is 0 Å². The third-order valence-electron chi connectivity index (χ3n) is 6.23. The summed E-state index contributed by atoms with van der Waals surface area (Å²) in [7, 11) is 1.61. The molecule has 0 heterocycles. The number of hydrogen-bond donors (Lipinski definition) is 4. The van der Waals surface area contributed by atoms with Crippen molar-refractivity contribution < 1.29 is 19.1 Å². The zero-order valence-electron chi connectivity index (χ0n) is 29.8. The van der Waals surface area contributed by atoms with Crippen molar-refractivity contribution in [2.24, 2.45) is 0 Å². The van der Waals surface area contributed by atoms with E-state index in [0.29, 0.717) is 24.7 Å². The van der Waals surface area contributed by atoms with Gasteiger partial charge in [-0.2, -0.15) is 0 Å². The second-order valence-electron chi connectivity index (χ2n) is 9.95. The number of non-ortho nitro benzene ring substituents is 1. The van der Waals surface area contributed by atoms with E-state index in [9.17, 15) is 10.1 Å². The van der Waals surface area contributed by atoms with Gasteiger partial charge in [0, 0.05) is 31.4 Å². The molecule has 0 aliphatic heterocycles. The van der Waals surface area contributed by atoms with Crippen LogP contribution in [0.5, 0.6) is 5.75 Å². The molecule has 48 heavy (non-hydrogen) atoms. The van der Waals surface area contributed by atoms with Crippen LogP contribution in [0, 0.1) is 41.7 Å². The second kappa shape index (κ2) is 28.3. The Bertz CT molecular complexity index is 1350. The number of benzene rings is 3. The number of aryl methyl sites for hydroxylation is 2. The molecule has 4 N–H and O–H groups in total. The first-order valence-corrected chi connectivity index (χ1v) is 16.4. The average Bonchev–Trinajstić information content (AvgIpc) is 3.12. The summed E-state index contributed by atoms with van der Waals surface area (Å²) in [6.45, 7) is 14.9. The van der Waals surface area contributed by atoms with E-state index in [4.69, 9.17) is 27.1 Å². The lowest BCUT2D eigenvalue weighted by Gasteiger charge is -2.19. The fourth-order valence-electron chi connectivity index (χ4n) is 3.74. The molecule has 0 spiro atoms. The fourth-order valence-corrected chi connectivity index (χ4v) is 3.74. The molecule has 10 nitrogen and oxygen atoms in total. The number of nitro groups is 1. The molecule has 0 aromatic heterocycles. The molecule has 0 atom stereocenters. The highest BCUT2D eigenvalue weighted by Crippen LogP contribution is 2.32. The van der Waals surface area contributed by atoms with Crippen LogP contribution in [0.15, 0.2) is 60.7 Å². The van der Waals surface area contributed by atoms with Crippen molar-refractivity contribution >= 4 is 28.4 Å². The lowest BCUT2D eigenvalue weighted by molar-refractivity contribution is -0.384. The van der Waals surface area contributed by atoms with E-state index in [0.717, 1.165) is 55.1 Å².